The molecule has 0 amide bonds. The minimum atomic E-state index is -4.25. The second-order valence-corrected chi connectivity index (χ2v) is 11.8. The Morgan fingerprint density at radius 2 is 1.95 bits per heavy atom. The van der Waals surface area contributed by atoms with Gasteiger partial charge in [0.25, 0.3) is 0 Å². The minimum absolute atomic E-state index is 0.200. The molecule has 0 spiro atoms. The lowest BCUT2D eigenvalue weighted by Gasteiger charge is -2.46. The van der Waals surface area contributed by atoms with Gasteiger partial charge in [0.1, 0.15) is 36.0 Å². The summed E-state index contributed by atoms with van der Waals surface area (Å²) in [7, 11) is 0. The number of aliphatic hydroxyl groups excluding tert-OH is 2. The van der Waals surface area contributed by atoms with Crippen molar-refractivity contribution in [1.82, 2.24) is 34.4 Å². The van der Waals surface area contributed by atoms with Crippen LogP contribution in [0.5, 0.6) is 0 Å². The first kappa shape index (κ1) is 28.8. The maximum Gasteiger partial charge on any atom is 0.393 e. The minimum Gasteiger partial charge on any atom is -0.387 e. The Morgan fingerprint density at radius 3 is 2.69 bits per heavy atom. The van der Waals surface area contributed by atoms with Crippen LogP contribution in [0.2, 0.25) is 0 Å². The molecule has 226 valence electrons. The third-order valence-electron chi connectivity index (χ3n) is 8.52. The first-order valence-corrected chi connectivity index (χ1v) is 14.2. The number of anilines is 1. The van der Waals surface area contributed by atoms with Gasteiger partial charge in [-0.15, -0.1) is 0 Å². The number of rotatable bonds is 9. The summed E-state index contributed by atoms with van der Waals surface area (Å²) in [6.45, 7) is 4.66. The van der Waals surface area contributed by atoms with E-state index in [2.05, 4.69) is 43.7 Å². The van der Waals surface area contributed by atoms with Crippen molar-refractivity contribution in [2.24, 2.45) is 5.92 Å². The zero-order chi connectivity index (χ0) is 29.8. The molecule has 2 fully saturated rings. The first-order chi connectivity index (χ1) is 20.0. The molecule has 5 N–H and O–H groups in total. The molecule has 1 aliphatic heterocycles. The molecule has 4 heterocycles. The molecule has 4 unspecified atom stereocenters. The molecule has 0 bridgehead atoms. The molecule has 11 nitrogen and oxygen atoms in total. The summed E-state index contributed by atoms with van der Waals surface area (Å²) in [5.74, 6) is 1.49. The van der Waals surface area contributed by atoms with Gasteiger partial charge in [0, 0.05) is 25.0 Å². The van der Waals surface area contributed by atoms with Gasteiger partial charge < -0.3 is 25.7 Å². The Hall–Kier alpha value is -3.33. The molecule has 1 saturated carbocycles. The number of H-pyrrole nitrogens is 1. The molecule has 14 heteroatoms. The van der Waals surface area contributed by atoms with E-state index in [9.17, 15) is 23.4 Å². The smallest absolute Gasteiger partial charge is 0.387 e. The van der Waals surface area contributed by atoms with E-state index in [0.717, 1.165) is 25.1 Å². The normalized spacial score (nSPS) is 26.6. The van der Waals surface area contributed by atoms with Crippen molar-refractivity contribution in [3.63, 3.8) is 0 Å². The zero-order valence-electron chi connectivity index (χ0n) is 23.4. The van der Waals surface area contributed by atoms with Crippen molar-refractivity contribution in [2.75, 3.05) is 12.3 Å². The Balaban J connectivity index is 1.04. The first-order valence-electron chi connectivity index (χ1n) is 14.2. The molecule has 4 atom stereocenters. The predicted molar refractivity (Wildman–Crippen MR) is 148 cm³/mol. The second-order valence-electron chi connectivity index (χ2n) is 11.8. The van der Waals surface area contributed by atoms with Gasteiger partial charge in [0.05, 0.1) is 23.8 Å². The van der Waals surface area contributed by atoms with Crippen LogP contribution in [0.25, 0.3) is 22.2 Å². The van der Waals surface area contributed by atoms with Gasteiger partial charge in [0.15, 0.2) is 17.7 Å². The topological polar surface area (TPSA) is 151 Å². The van der Waals surface area contributed by atoms with Crippen LogP contribution in [0.15, 0.2) is 30.9 Å². The highest BCUT2D eigenvalue weighted by atomic mass is 19.4. The lowest BCUT2D eigenvalue weighted by Crippen LogP contribution is -2.52. The van der Waals surface area contributed by atoms with Crippen LogP contribution in [0.1, 0.15) is 50.7 Å². The number of nitrogens with one attached hydrogen (secondary N) is 1. The number of aromatic nitrogens is 6. The van der Waals surface area contributed by atoms with Gasteiger partial charge in [-0.05, 0) is 56.7 Å². The molecular weight excluding hydrogens is 553 g/mol. The Kier molecular flexibility index (Phi) is 7.58. The summed E-state index contributed by atoms with van der Waals surface area (Å²) in [5.41, 5.74) is 8.23. The fraction of sp³-hybridized carbons (Fsp3) is 0.571. The molecule has 1 aliphatic carbocycles. The van der Waals surface area contributed by atoms with Crippen LogP contribution in [0, 0.1) is 5.92 Å². The molecule has 6 rings (SSSR count). The Morgan fingerprint density at radius 1 is 1.17 bits per heavy atom. The molecule has 42 heavy (non-hydrogen) atoms. The molecular formula is C28H35F3N8O3. The number of alkyl halides is 3. The number of nitrogen functional groups attached to an aromatic ring is 1. The van der Waals surface area contributed by atoms with E-state index in [0.29, 0.717) is 47.1 Å². The number of hydrogen-bond donors (Lipinski definition) is 4. The van der Waals surface area contributed by atoms with Crippen molar-refractivity contribution in [2.45, 2.75) is 88.8 Å². The third kappa shape index (κ3) is 5.68. The maximum absolute atomic E-state index is 12.8. The van der Waals surface area contributed by atoms with Gasteiger partial charge in [-0.1, -0.05) is 6.07 Å². The number of ether oxygens (including phenoxy) is 1. The lowest BCUT2D eigenvalue weighted by molar-refractivity contribution is -0.127. The van der Waals surface area contributed by atoms with Crippen molar-refractivity contribution in [1.29, 1.82) is 0 Å². The number of benzene rings is 1. The van der Waals surface area contributed by atoms with Gasteiger partial charge in [0.2, 0.25) is 0 Å². The fourth-order valence-electron chi connectivity index (χ4n) is 6.27. The van der Waals surface area contributed by atoms with Crippen molar-refractivity contribution >= 4 is 28.0 Å². The van der Waals surface area contributed by atoms with Crippen LogP contribution in [-0.2, 0) is 17.6 Å². The Bertz CT molecular complexity index is 1550. The highest BCUT2D eigenvalue weighted by molar-refractivity contribution is 5.81. The van der Waals surface area contributed by atoms with E-state index < -0.39 is 37.1 Å². The maximum atomic E-state index is 12.8. The number of nitrogens with zero attached hydrogens (tertiary/aromatic N) is 6. The second kappa shape index (κ2) is 11.1. The van der Waals surface area contributed by atoms with E-state index in [1.165, 1.54) is 24.8 Å². The summed E-state index contributed by atoms with van der Waals surface area (Å²) in [5, 5.41) is 21.7. The van der Waals surface area contributed by atoms with E-state index in [4.69, 9.17) is 10.5 Å². The largest absolute Gasteiger partial charge is 0.393 e. The van der Waals surface area contributed by atoms with Gasteiger partial charge in [-0.25, -0.2) is 19.9 Å². The standard InChI is InChI=1S/C28H35F3N8O3/c1-14(2)38(11-20-23(40)24(41)27(42-20)39-13-35-22-25(32)33-12-34-26(22)39)17-7-15(8-17)4-6-21-36-18-5-3-16(9-19(18)37-21)10-28(29,30)31/h3,5,9,12-15,17,20,23-24,27,40-41H,4,6-8,10-11H2,1-2H3,(H,36,37)(H2,32,33,34). The van der Waals surface area contributed by atoms with Crippen LogP contribution >= 0.6 is 0 Å². The van der Waals surface area contributed by atoms with Crippen LogP contribution in [-0.4, -0.2) is 87.7 Å². The summed E-state index contributed by atoms with van der Waals surface area (Å²) >= 11 is 0. The Labute approximate surface area is 239 Å². The number of nitrogens with two attached hydrogens (primary N) is 1. The van der Waals surface area contributed by atoms with E-state index >= 15 is 0 Å². The molecule has 2 aliphatic rings. The molecule has 1 saturated heterocycles. The van der Waals surface area contributed by atoms with E-state index in [-0.39, 0.29) is 17.4 Å². The molecule has 0 radical (unpaired) electrons. The summed E-state index contributed by atoms with van der Waals surface area (Å²) in [6, 6.07) is 5.15. The fourth-order valence-corrected chi connectivity index (χ4v) is 6.27. The molecule has 4 aromatic rings. The lowest BCUT2D eigenvalue weighted by atomic mass is 9.76. The highest BCUT2D eigenvalue weighted by Crippen LogP contribution is 2.38. The average Bonchev–Trinajstić information content (AvgIpc) is 3.58. The number of aryl methyl sites for hydroxylation is 1. The van der Waals surface area contributed by atoms with Crippen molar-refractivity contribution in [3.8, 4) is 0 Å². The number of halogens is 3. The predicted octanol–water partition coefficient (Wildman–Crippen LogP) is 3.13. The average molecular weight is 589 g/mol. The summed E-state index contributed by atoms with van der Waals surface area (Å²) in [4.78, 5) is 22.5. The number of imidazole rings is 2. The van der Waals surface area contributed by atoms with Crippen molar-refractivity contribution in [3.05, 3.63) is 42.2 Å². The van der Waals surface area contributed by atoms with Crippen LogP contribution < -0.4 is 5.73 Å². The molecule has 1 aromatic carbocycles. The van der Waals surface area contributed by atoms with Crippen molar-refractivity contribution < 1.29 is 28.1 Å². The number of fused-ring (bicyclic) bond motifs is 2. The van der Waals surface area contributed by atoms with Gasteiger partial charge in [-0.2, -0.15) is 13.2 Å². The summed E-state index contributed by atoms with van der Waals surface area (Å²) < 4.78 is 46.0. The monoisotopic (exact) mass is 588 g/mol. The van der Waals surface area contributed by atoms with Crippen LogP contribution in [0.3, 0.4) is 0 Å². The third-order valence-corrected chi connectivity index (χ3v) is 8.52. The number of hydrogen-bond acceptors (Lipinski definition) is 9. The summed E-state index contributed by atoms with van der Waals surface area (Å²) in [6.07, 6.45) is -2.54. The van der Waals surface area contributed by atoms with Gasteiger partial charge >= 0.3 is 6.18 Å². The van der Waals surface area contributed by atoms with Gasteiger partial charge in [-0.3, -0.25) is 9.47 Å². The van der Waals surface area contributed by atoms with E-state index in [1.807, 2.05) is 0 Å². The number of aromatic amines is 1. The highest BCUT2D eigenvalue weighted by Gasteiger charge is 2.46. The molecule has 3 aromatic heterocycles. The SMILES string of the molecule is CC(C)N(CC1OC(n2cnc3c(N)ncnc32)C(O)C1O)C1CC(CCc2nc3ccc(CC(F)(F)F)cc3[nH]2)C1. The zero-order valence-corrected chi connectivity index (χ0v) is 23.4. The number of aliphatic hydroxyl groups is 2. The quantitative estimate of drug-likeness (QED) is 0.231. The van der Waals surface area contributed by atoms with E-state index in [1.54, 1.807) is 10.6 Å². The van der Waals surface area contributed by atoms with Crippen LogP contribution in [0.4, 0.5) is 19.0 Å².